The monoisotopic (exact) mass is 364 g/mol. The van der Waals surface area contributed by atoms with E-state index in [2.05, 4.69) is 16.4 Å². The van der Waals surface area contributed by atoms with E-state index in [-0.39, 0.29) is 12.5 Å². The first kappa shape index (κ1) is 17.7. The molecule has 0 atom stereocenters. The lowest BCUT2D eigenvalue weighted by Crippen LogP contribution is -2.30. The van der Waals surface area contributed by atoms with Gasteiger partial charge in [-0.15, -0.1) is 0 Å². The molecule has 0 spiro atoms. The molecule has 1 amide bonds. The Kier molecular flexibility index (Phi) is 5.06. The second kappa shape index (κ2) is 7.42. The van der Waals surface area contributed by atoms with Crippen LogP contribution in [0.4, 0.5) is 11.5 Å². The molecule has 0 radical (unpaired) electrons. The first-order chi connectivity index (χ1) is 12.5. The fourth-order valence-electron chi connectivity index (χ4n) is 2.61. The Balaban J connectivity index is 1.80. The Morgan fingerprint density at radius 3 is 2.65 bits per heavy atom. The van der Waals surface area contributed by atoms with Crippen molar-refractivity contribution in [2.24, 2.45) is 0 Å². The number of aryl methyl sites for hydroxylation is 1. The van der Waals surface area contributed by atoms with Gasteiger partial charge in [0.1, 0.15) is 5.82 Å². The van der Waals surface area contributed by atoms with Crippen molar-refractivity contribution < 1.29 is 4.79 Å². The lowest BCUT2D eigenvalue weighted by atomic mass is 10.1. The minimum atomic E-state index is -0.159. The Morgan fingerprint density at radius 2 is 1.96 bits per heavy atom. The van der Waals surface area contributed by atoms with Crippen LogP contribution in [-0.2, 0) is 4.79 Å². The van der Waals surface area contributed by atoms with Gasteiger partial charge in [0.15, 0.2) is 0 Å². The molecule has 130 valence electrons. The number of fused-ring (bicyclic) bond motifs is 1. The second-order valence-electron chi connectivity index (χ2n) is 6.07. The van der Waals surface area contributed by atoms with Crippen molar-refractivity contribution in [2.75, 3.05) is 23.8 Å². The highest BCUT2D eigenvalue weighted by atomic mass is 35.5. The normalized spacial score (nSPS) is 10.4. The topological polar surface area (TPSA) is 69.0 Å². The summed E-state index contributed by atoms with van der Waals surface area (Å²) in [6.07, 6.45) is 0. The first-order valence-electron chi connectivity index (χ1n) is 8.04. The number of pyridine rings is 1. The molecule has 0 saturated heterocycles. The maximum absolute atomic E-state index is 12.3. The van der Waals surface area contributed by atoms with E-state index in [0.29, 0.717) is 27.3 Å². The van der Waals surface area contributed by atoms with Crippen LogP contribution in [0.15, 0.2) is 48.5 Å². The van der Waals surface area contributed by atoms with E-state index in [9.17, 15) is 10.1 Å². The highest BCUT2D eigenvalue weighted by Crippen LogP contribution is 2.25. The van der Waals surface area contributed by atoms with Crippen LogP contribution in [-0.4, -0.2) is 24.5 Å². The van der Waals surface area contributed by atoms with E-state index in [1.807, 2.05) is 31.2 Å². The summed E-state index contributed by atoms with van der Waals surface area (Å²) < 4.78 is 0. The van der Waals surface area contributed by atoms with Crippen LogP contribution < -0.4 is 10.2 Å². The summed E-state index contributed by atoms with van der Waals surface area (Å²) in [4.78, 5) is 18.5. The third-order valence-electron chi connectivity index (χ3n) is 3.98. The molecule has 2 aromatic carbocycles. The molecule has 3 aromatic rings. The molecule has 1 heterocycles. The van der Waals surface area contributed by atoms with Gasteiger partial charge in [0, 0.05) is 23.1 Å². The first-order valence-corrected chi connectivity index (χ1v) is 8.42. The minimum absolute atomic E-state index is 0.116. The van der Waals surface area contributed by atoms with Crippen molar-refractivity contribution in [3.05, 3.63) is 64.7 Å². The SMILES string of the molecule is Cc1ccc(NC(=O)CN(C)c2cc(C#N)c3cc(Cl)ccc3n2)cc1. The predicted molar refractivity (Wildman–Crippen MR) is 105 cm³/mol. The quantitative estimate of drug-likeness (QED) is 0.755. The molecule has 3 rings (SSSR count). The Hall–Kier alpha value is -3.10. The molecular weight excluding hydrogens is 348 g/mol. The average Bonchev–Trinajstić information content (AvgIpc) is 2.62. The van der Waals surface area contributed by atoms with Gasteiger partial charge in [0.05, 0.1) is 23.7 Å². The molecule has 0 bridgehead atoms. The lowest BCUT2D eigenvalue weighted by molar-refractivity contribution is -0.114. The number of aromatic nitrogens is 1. The van der Waals surface area contributed by atoms with Gasteiger partial charge in [-0.25, -0.2) is 4.98 Å². The molecule has 0 aliphatic heterocycles. The van der Waals surface area contributed by atoms with Gasteiger partial charge >= 0.3 is 0 Å². The Bertz CT molecular complexity index is 1010. The van der Waals surface area contributed by atoms with Crippen LogP contribution in [0, 0.1) is 18.3 Å². The standard InChI is InChI=1S/C20H17ClN4O/c1-13-3-6-16(7-4-13)23-20(26)12-25(2)19-9-14(11-22)17-10-15(21)5-8-18(17)24-19/h3-10H,12H2,1-2H3,(H,23,26). The number of carbonyl (C=O) groups excluding carboxylic acids is 1. The number of benzene rings is 2. The lowest BCUT2D eigenvalue weighted by Gasteiger charge is -2.19. The van der Waals surface area contributed by atoms with Crippen LogP contribution in [0.1, 0.15) is 11.1 Å². The smallest absolute Gasteiger partial charge is 0.243 e. The number of hydrogen-bond donors (Lipinski definition) is 1. The number of amides is 1. The number of nitriles is 1. The van der Waals surface area contributed by atoms with E-state index >= 15 is 0 Å². The Morgan fingerprint density at radius 1 is 1.23 bits per heavy atom. The van der Waals surface area contributed by atoms with E-state index < -0.39 is 0 Å². The number of halogens is 1. The highest BCUT2D eigenvalue weighted by Gasteiger charge is 2.13. The van der Waals surface area contributed by atoms with Crippen molar-refractivity contribution in [3.8, 4) is 6.07 Å². The molecule has 0 fully saturated rings. The number of nitrogens with one attached hydrogen (secondary N) is 1. The van der Waals surface area contributed by atoms with Gasteiger partial charge in [-0.3, -0.25) is 4.79 Å². The largest absolute Gasteiger partial charge is 0.350 e. The predicted octanol–water partition coefficient (Wildman–Crippen LogP) is 4.14. The van der Waals surface area contributed by atoms with Crippen molar-refractivity contribution in [2.45, 2.75) is 6.92 Å². The summed E-state index contributed by atoms with van der Waals surface area (Å²) in [5.74, 6) is 0.392. The van der Waals surface area contributed by atoms with Crippen molar-refractivity contribution >= 4 is 39.9 Å². The minimum Gasteiger partial charge on any atom is -0.350 e. The number of anilines is 2. The zero-order chi connectivity index (χ0) is 18.7. The molecule has 0 saturated carbocycles. The van der Waals surface area contributed by atoms with E-state index in [1.54, 1.807) is 36.2 Å². The van der Waals surface area contributed by atoms with Gasteiger partial charge in [0.2, 0.25) is 5.91 Å². The zero-order valence-electron chi connectivity index (χ0n) is 14.5. The third-order valence-corrected chi connectivity index (χ3v) is 4.22. The molecule has 0 aliphatic rings. The van der Waals surface area contributed by atoms with Gasteiger partial charge < -0.3 is 10.2 Å². The summed E-state index contributed by atoms with van der Waals surface area (Å²) in [7, 11) is 1.76. The Labute approximate surface area is 156 Å². The van der Waals surface area contributed by atoms with E-state index in [4.69, 9.17) is 11.6 Å². The molecular formula is C20H17ClN4O. The molecule has 0 aliphatic carbocycles. The van der Waals surface area contributed by atoms with Crippen molar-refractivity contribution in [3.63, 3.8) is 0 Å². The number of hydrogen-bond acceptors (Lipinski definition) is 4. The van der Waals surface area contributed by atoms with Gasteiger partial charge in [-0.05, 0) is 43.3 Å². The summed E-state index contributed by atoms with van der Waals surface area (Å²) in [6.45, 7) is 2.11. The fourth-order valence-corrected chi connectivity index (χ4v) is 2.78. The average molecular weight is 365 g/mol. The van der Waals surface area contributed by atoms with Gasteiger partial charge in [-0.2, -0.15) is 5.26 Å². The maximum Gasteiger partial charge on any atom is 0.243 e. The maximum atomic E-state index is 12.3. The van der Waals surface area contributed by atoms with E-state index in [0.717, 1.165) is 11.3 Å². The third kappa shape index (κ3) is 3.93. The number of rotatable bonds is 4. The van der Waals surface area contributed by atoms with Crippen molar-refractivity contribution in [1.82, 2.24) is 4.98 Å². The number of carbonyl (C=O) groups is 1. The van der Waals surface area contributed by atoms with E-state index in [1.165, 1.54) is 0 Å². The summed E-state index contributed by atoms with van der Waals surface area (Å²) in [5.41, 5.74) is 3.00. The highest BCUT2D eigenvalue weighted by molar-refractivity contribution is 6.31. The number of likely N-dealkylation sites (N-methyl/N-ethyl adjacent to an activating group) is 1. The van der Waals surface area contributed by atoms with Crippen LogP contribution in [0.5, 0.6) is 0 Å². The molecule has 1 N–H and O–H groups in total. The molecule has 26 heavy (non-hydrogen) atoms. The van der Waals surface area contributed by atoms with Crippen LogP contribution >= 0.6 is 11.6 Å². The fraction of sp³-hybridized carbons (Fsp3) is 0.150. The summed E-state index contributed by atoms with van der Waals surface area (Å²) >= 11 is 6.01. The van der Waals surface area contributed by atoms with Crippen molar-refractivity contribution in [1.29, 1.82) is 5.26 Å². The molecule has 5 nitrogen and oxygen atoms in total. The van der Waals surface area contributed by atoms with Gasteiger partial charge in [0.25, 0.3) is 0 Å². The molecule has 0 unspecified atom stereocenters. The summed E-state index contributed by atoms with van der Waals surface area (Å²) in [5, 5.41) is 13.5. The molecule has 6 heteroatoms. The molecule has 1 aromatic heterocycles. The zero-order valence-corrected chi connectivity index (χ0v) is 15.2. The second-order valence-corrected chi connectivity index (χ2v) is 6.51. The van der Waals surface area contributed by atoms with Crippen LogP contribution in [0.2, 0.25) is 5.02 Å². The van der Waals surface area contributed by atoms with Crippen LogP contribution in [0.3, 0.4) is 0 Å². The van der Waals surface area contributed by atoms with Crippen LogP contribution in [0.25, 0.3) is 10.9 Å². The summed E-state index contributed by atoms with van der Waals surface area (Å²) in [6, 6.07) is 16.6. The number of nitrogens with zero attached hydrogens (tertiary/aromatic N) is 3. The van der Waals surface area contributed by atoms with Gasteiger partial charge in [-0.1, -0.05) is 29.3 Å².